The molecule has 1 atom stereocenters. The molecule has 3 N–H and O–H groups in total. The number of hydrogen-bond donors (Lipinski definition) is 2. The Labute approximate surface area is 247 Å². The number of halogens is 2. The van der Waals surface area contributed by atoms with E-state index in [9.17, 15) is 18.5 Å². The van der Waals surface area contributed by atoms with Gasteiger partial charge in [0.2, 0.25) is 10.0 Å². The summed E-state index contributed by atoms with van der Waals surface area (Å²) in [5, 5.41) is 21.8. The largest absolute Gasteiger partial charge is 0.476 e. The Bertz CT molecular complexity index is 1860. The molecule has 1 saturated carbocycles. The van der Waals surface area contributed by atoms with E-state index >= 15 is 4.39 Å². The zero-order valence-corrected chi connectivity index (χ0v) is 24.3. The summed E-state index contributed by atoms with van der Waals surface area (Å²) in [6, 6.07) is 16.9. The van der Waals surface area contributed by atoms with Crippen LogP contribution in [0.2, 0.25) is 0 Å². The molecule has 1 unspecified atom stereocenters. The molecule has 1 aliphatic rings. The maximum absolute atomic E-state index is 15.1. The van der Waals surface area contributed by atoms with Crippen molar-refractivity contribution in [3.63, 3.8) is 0 Å². The molecule has 11 heteroatoms. The Hall–Kier alpha value is -4.06. The standard InChI is InChI=1S/C31H26F2N4O3S2/c1-17-3-2-4-20(11-17)22-15-21(8-9-24(22)32)29-23(12-19-7-10-28(42(34)40)25(33)13-19)27(14-18-5-6-18)37(36-29)31-35-26(16-41-31)30(38)39/h2-4,7-11,13,15-16,18H,5-6,12,14H2,1H3,(H2,34,40)(H,38,39)/p+1. The monoisotopic (exact) mass is 605 g/mol. The van der Waals surface area contributed by atoms with E-state index in [1.54, 1.807) is 22.9 Å². The number of thiazole rings is 1. The fraction of sp³-hybridized carbons (Fsp3) is 0.194. The lowest BCUT2D eigenvalue weighted by Crippen LogP contribution is -2.07. The van der Waals surface area contributed by atoms with Gasteiger partial charge in [-0.2, -0.15) is 5.10 Å². The molecule has 214 valence electrons. The summed E-state index contributed by atoms with van der Waals surface area (Å²) in [4.78, 5) is 15.9. The third-order valence-electron chi connectivity index (χ3n) is 7.36. The number of carboxylic acids is 1. The van der Waals surface area contributed by atoms with Gasteiger partial charge in [0.1, 0.15) is 5.82 Å². The molecular formula is C31H27F2N4O3S2+. The van der Waals surface area contributed by atoms with Gasteiger partial charge in [0.15, 0.2) is 22.5 Å². The molecule has 3 aromatic carbocycles. The van der Waals surface area contributed by atoms with E-state index in [0.29, 0.717) is 39.9 Å². The van der Waals surface area contributed by atoms with Crippen LogP contribution >= 0.6 is 11.3 Å². The van der Waals surface area contributed by atoms with Gasteiger partial charge in [-0.15, -0.1) is 16.5 Å². The highest BCUT2D eigenvalue weighted by atomic mass is 32.2. The smallest absolute Gasteiger partial charge is 0.355 e. The van der Waals surface area contributed by atoms with Gasteiger partial charge >= 0.3 is 5.97 Å². The van der Waals surface area contributed by atoms with Gasteiger partial charge in [-0.1, -0.05) is 40.1 Å². The van der Waals surface area contributed by atoms with E-state index in [0.717, 1.165) is 35.2 Å². The Morgan fingerprint density at radius 3 is 2.57 bits per heavy atom. The molecule has 0 radical (unpaired) electrons. The molecule has 0 spiro atoms. The van der Waals surface area contributed by atoms with Crippen molar-refractivity contribution in [2.24, 2.45) is 11.1 Å². The Morgan fingerprint density at radius 1 is 1.10 bits per heavy atom. The summed E-state index contributed by atoms with van der Waals surface area (Å²) in [5.41, 5.74) is 5.57. The van der Waals surface area contributed by atoms with Gasteiger partial charge in [-0.3, -0.25) is 0 Å². The van der Waals surface area contributed by atoms with Crippen molar-refractivity contribution < 1.29 is 22.9 Å². The van der Waals surface area contributed by atoms with Gasteiger partial charge in [-0.25, -0.2) is 23.2 Å². The zero-order valence-electron chi connectivity index (χ0n) is 22.6. The van der Waals surface area contributed by atoms with Crippen LogP contribution in [0.15, 0.2) is 70.9 Å². The Morgan fingerprint density at radius 2 is 1.90 bits per heavy atom. The number of aromatic nitrogens is 3. The summed E-state index contributed by atoms with van der Waals surface area (Å²) in [7, 11) is -2.33. The number of benzene rings is 3. The first-order chi connectivity index (χ1) is 20.2. The summed E-state index contributed by atoms with van der Waals surface area (Å²) in [6.07, 6.45) is 3.06. The third-order valence-corrected chi connectivity index (χ3v) is 9.01. The average molecular weight is 606 g/mol. The van der Waals surface area contributed by atoms with E-state index in [1.807, 2.05) is 31.2 Å². The molecule has 0 saturated heterocycles. The van der Waals surface area contributed by atoms with E-state index in [1.165, 1.54) is 34.9 Å². The number of rotatable bonds is 9. The second-order valence-electron chi connectivity index (χ2n) is 10.5. The van der Waals surface area contributed by atoms with Gasteiger partial charge in [0.25, 0.3) is 0 Å². The van der Waals surface area contributed by atoms with Crippen molar-refractivity contribution in [2.45, 2.75) is 37.5 Å². The molecular weight excluding hydrogens is 578 g/mol. The van der Waals surface area contributed by atoms with Crippen LogP contribution in [0.1, 0.15) is 45.7 Å². The van der Waals surface area contributed by atoms with Crippen molar-refractivity contribution in [3.05, 3.63) is 106 Å². The molecule has 1 fully saturated rings. The summed E-state index contributed by atoms with van der Waals surface area (Å²) in [5.74, 6) is -1.72. The van der Waals surface area contributed by atoms with Crippen LogP contribution in [0.25, 0.3) is 27.5 Å². The first-order valence-corrected chi connectivity index (χ1v) is 15.6. The van der Waals surface area contributed by atoms with Crippen LogP contribution in [0, 0.1) is 24.5 Å². The first kappa shape index (κ1) is 28.1. The Kier molecular flexibility index (Phi) is 7.56. The lowest BCUT2D eigenvalue weighted by molar-refractivity contribution is 0.0691. The Balaban J connectivity index is 1.54. The molecule has 7 nitrogen and oxygen atoms in total. The van der Waals surface area contributed by atoms with Crippen molar-refractivity contribution in [2.75, 3.05) is 0 Å². The molecule has 5 aromatic rings. The highest BCUT2D eigenvalue weighted by Gasteiger charge is 2.30. The lowest BCUT2D eigenvalue weighted by Gasteiger charge is -2.10. The molecule has 0 bridgehead atoms. The maximum Gasteiger partial charge on any atom is 0.355 e. The topological polar surface area (TPSA) is 111 Å². The van der Waals surface area contributed by atoms with E-state index in [2.05, 4.69) is 4.98 Å². The molecule has 2 aromatic heterocycles. The zero-order chi connectivity index (χ0) is 29.5. The van der Waals surface area contributed by atoms with Crippen LogP contribution < -0.4 is 5.14 Å². The van der Waals surface area contributed by atoms with Gasteiger partial charge < -0.3 is 5.11 Å². The second-order valence-corrected chi connectivity index (χ2v) is 12.5. The van der Waals surface area contributed by atoms with Crippen LogP contribution in [-0.2, 0) is 28.0 Å². The lowest BCUT2D eigenvalue weighted by atomic mass is 9.94. The summed E-state index contributed by atoms with van der Waals surface area (Å²) < 4.78 is 43.4. The maximum atomic E-state index is 15.1. The number of carboxylic acid groups (broad SMARTS) is 1. The van der Waals surface area contributed by atoms with Crippen LogP contribution in [0.3, 0.4) is 0 Å². The van der Waals surface area contributed by atoms with Gasteiger partial charge in [0.05, 0.1) is 11.4 Å². The highest BCUT2D eigenvalue weighted by molar-refractivity contribution is 7.82. The molecule has 0 aliphatic heterocycles. The summed E-state index contributed by atoms with van der Waals surface area (Å²) in [6.45, 7) is 1.94. The normalized spacial score (nSPS) is 13.8. The van der Waals surface area contributed by atoms with E-state index in [4.69, 9.17) is 10.2 Å². The molecule has 6 rings (SSSR count). The number of thiol groups is 1. The fourth-order valence-electron chi connectivity index (χ4n) is 5.08. The molecule has 0 amide bonds. The predicted molar refractivity (Wildman–Crippen MR) is 159 cm³/mol. The average Bonchev–Trinajstić information content (AvgIpc) is 3.51. The molecule has 2 heterocycles. The second kappa shape index (κ2) is 11.3. The molecule has 1 aliphatic carbocycles. The minimum atomic E-state index is -2.33. The van der Waals surface area contributed by atoms with E-state index < -0.39 is 22.8 Å². The minimum Gasteiger partial charge on any atom is -0.476 e. The predicted octanol–water partition coefficient (Wildman–Crippen LogP) is 6.42. The van der Waals surface area contributed by atoms with Crippen molar-refractivity contribution >= 4 is 28.3 Å². The van der Waals surface area contributed by atoms with Crippen molar-refractivity contribution in [3.8, 4) is 27.5 Å². The number of aromatic carboxylic acids is 1. The highest BCUT2D eigenvalue weighted by Crippen LogP contribution is 2.39. The number of hydrogen-bond acceptors (Lipinski definition) is 5. The van der Waals surface area contributed by atoms with Crippen LogP contribution in [0.4, 0.5) is 8.78 Å². The van der Waals surface area contributed by atoms with Crippen molar-refractivity contribution in [1.29, 1.82) is 0 Å². The number of nitrogens with zero attached hydrogens (tertiary/aromatic N) is 3. The third kappa shape index (κ3) is 5.67. The van der Waals surface area contributed by atoms with Gasteiger partial charge in [0, 0.05) is 28.5 Å². The van der Waals surface area contributed by atoms with E-state index in [-0.39, 0.29) is 22.8 Å². The number of carbonyl (C=O) groups is 1. The summed E-state index contributed by atoms with van der Waals surface area (Å²) >= 11 is 1.17. The van der Waals surface area contributed by atoms with Gasteiger partial charge in [-0.05, 0) is 73.6 Å². The number of nitrogens with two attached hydrogens (primary N) is 1. The van der Waals surface area contributed by atoms with Crippen LogP contribution in [-0.4, -0.2) is 25.8 Å². The molecule has 42 heavy (non-hydrogen) atoms. The van der Waals surface area contributed by atoms with Crippen LogP contribution in [0.5, 0.6) is 0 Å². The SMILES string of the molecule is Cc1cccc(-c2cc(-c3nn(-c4nc(C(=O)O)cs4)c(CC4CC4)c3Cc3ccc([SH+](N)=O)c(F)c3)ccc2F)c1. The first-order valence-electron chi connectivity index (χ1n) is 13.3. The fourth-order valence-corrected chi connectivity index (χ4v) is 6.34. The number of aryl methyl sites for hydroxylation is 1. The quantitative estimate of drug-likeness (QED) is 0.149. The van der Waals surface area contributed by atoms with Crippen molar-refractivity contribution in [1.82, 2.24) is 14.8 Å². The minimum absolute atomic E-state index is 0.0480.